The van der Waals surface area contributed by atoms with Gasteiger partial charge in [-0.25, -0.2) is 0 Å². The van der Waals surface area contributed by atoms with E-state index in [1.807, 2.05) is 6.07 Å². The molecule has 0 saturated heterocycles. The van der Waals surface area contributed by atoms with Crippen molar-refractivity contribution in [2.24, 2.45) is 5.92 Å². The summed E-state index contributed by atoms with van der Waals surface area (Å²) in [5.74, 6) is 0.00698. The lowest BCUT2D eigenvalue weighted by Crippen LogP contribution is -2.29. The minimum absolute atomic E-state index is 0.0235. The van der Waals surface area contributed by atoms with Gasteiger partial charge in [-0.15, -0.1) is 10.2 Å². The van der Waals surface area contributed by atoms with E-state index < -0.39 is 11.9 Å². The first kappa shape index (κ1) is 21.3. The molecule has 0 radical (unpaired) electrons. The molecule has 1 amide bonds. The molecule has 2 aromatic carbocycles. The van der Waals surface area contributed by atoms with Crippen molar-refractivity contribution < 1.29 is 9.21 Å². The summed E-state index contributed by atoms with van der Waals surface area (Å²) in [7, 11) is 0. The van der Waals surface area contributed by atoms with Gasteiger partial charge in [0, 0.05) is 15.9 Å². The maximum atomic E-state index is 13.6. The van der Waals surface area contributed by atoms with Crippen LogP contribution >= 0.6 is 38.9 Å². The molecule has 4 aromatic rings. The third kappa shape index (κ3) is 3.56. The minimum atomic E-state index is -0.712. The van der Waals surface area contributed by atoms with Gasteiger partial charge in [-0.05, 0) is 41.8 Å². The molecule has 3 heterocycles. The van der Waals surface area contributed by atoms with Gasteiger partial charge in [-0.3, -0.25) is 14.5 Å². The molecular formula is C23H17BrClN3O3S. The number of halogens is 2. The third-order valence-corrected chi connectivity index (χ3v) is 6.91. The first-order valence-electron chi connectivity index (χ1n) is 10.0. The van der Waals surface area contributed by atoms with Crippen molar-refractivity contribution in [3.05, 3.63) is 84.1 Å². The fourth-order valence-electron chi connectivity index (χ4n) is 3.91. The lowest BCUT2D eigenvalue weighted by Gasteiger charge is -2.22. The number of fused-ring (bicyclic) bond motifs is 2. The Labute approximate surface area is 201 Å². The smallest absolute Gasteiger partial charge is 0.297 e. The molecule has 1 aliphatic heterocycles. The van der Waals surface area contributed by atoms with Crippen LogP contribution in [-0.4, -0.2) is 16.1 Å². The maximum absolute atomic E-state index is 13.6. The number of aromatic nitrogens is 2. The number of amides is 1. The van der Waals surface area contributed by atoms with Crippen molar-refractivity contribution >= 4 is 60.9 Å². The van der Waals surface area contributed by atoms with Crippen LogP contribution in [0.15, 0.2) is 56.1 Å². The molecule has 1 aliphatic rings. The standard InChI is InChI=1S/C23H17BrClN3O3S/c1-11(2)8-17-26-27-23(32-17)28-19(12-4-3-5-14(25)9-12)18-20(29)15-10-13(24)6-7-16(15)31-21(18)22(28)30/h3-7,9-11,19H,8H2,1-2H3. The number of carbonyl (C=O) groups excluding carboxylic acids is 1. The van der Waals surface area contributed by atoms with E-state index in [-0.39, 0.29) is 16.8 Å². The van der Waals surface area contributed by atoms with Crippen molar-refractivity contribution in [3.63, 3.8) is 0 Å². The highest BCUT2D eigenvalue weighted by Crippen LogP contribution is 2.42. The second-order valence-electron chi connectivity index (χ2n) is 8.02. The van der Waals surface area contributed by atoms with Gasteiger partial charge in [0.05, 0.1) is 17.0 Å². The zero-order valence-corrected chi connectivity index (χ0v) is 20.3. The topological polar surface area (TPSA) is 76.3 Å². The monoisotopic (exact) mass is 529 g/mol. The Morgan fingerprint density at radius 2 is 2.00 bits per heavy atom. The lowest BCUT2D eigenvalue weighted by molar-refractivity contribution is 0.0970. The quantitative estimate of drug-likeness (QED) is 0.323. The van der Waals surface area contributed by atoms with Crippen molar-refractivity contribution in [1.82, 2.24) is 10.2 Å². The van der Waals surface area contributed by atoms with Gasteiger partial charge in [-0.2, -0.15) is 0 Å². The number of rotatable bonds is 4. The molecule has 162 valence electrons. The summed E-state index contributed by atoms with van der Waals surface area (Å²) in [5, 5.41) is 10.7. The average Bonchev–Trinajstić information content (AvgIpc) is 3.30. The van der Waals surface area contributed by atoms with Gasteiger partial charge >= 0.3 is 0 Å². The second kappa shape index (κ2) is 8.10. The molecule has 2 aromatic heterocycles. The Balaban J connectivity index is 1.75. The zero-order valence-electron chi connectivity index (χ0n) is 17.1. The second-order valence-corrected chi connectivity index (χ2v) is 10.4. The highest BCUT2D eigenvalue weighted by Gasteiger charge is 2.45. The average molecular weight is 531 g/mol. The van der Waals surface area contributed by atoms with Crippen LogP contribution in [0, 0.1) is 5.92 Å². The van der Waals surface area contributed by atoms with Crippen LogP contribution in [0.3, 0.4) is 0 Å². The van der Waals surface area contributed by atoms with Crippen LogP contribution < -0.4 is 10.3 Å². The number of anilines is 1. The summed E-state index contributed by atoms with van der Waals surface area (Å²) in [6.07, 6.45) is 0.754. The molecule has 1 unspecified atom stereocenters. The Kier molecular flexibility index (Phi) is 5.39. The molecule has 5 rings (SSSR count). The molecule has 0 N–H and O–H groups in total. The van der Waals surface area contributed by atoms with Gasteiger partial charge in [-0.1, -0.05) is 64.8 Å². The highest BCUT2D eigenvalue weighted by atomic mass is 79.9. The normalized spacial score (nSPS) is 15.7. The Morgan fingerprint density at radius 1 is 1.19 bits per heavy atom. The lowest BCUT2D eigenvalue weighted by atomic mass is 9.99. The number of hydrogen-bond donors (Lipinski definition) is 0. The van der Waals surface area contributed by atoms with Gasteiger partial charge in [0.15, 0.2) is 5.43 Å². The Morgan fingerprint density at radius 3 is 2.75 bits per heavy atom. The molecule has 0 bridgehead atoms. The molecule has 6 nitrogen and oxygen atoms in total. The van der Waals surface area contributed by atoms with E-state index in [2.05, 4.69) is 40.0 Å². The molecular weight excluding hydrogens is 514 g/mol. The van der Waals surface area contributed by atoms with E-state index in [0.717, 1.165) is 15.9 Å². The summed E-state index contributed by atoms with van der Waals surface area (Å²) in [5.41, 5.74) is 1.08. The summed E-state index contributed by atoms with van der Waals surface area (Å²) in [4.78, 5) is 28.6. The van der Waals surface area contributed by atoms with Gasteiger partial charge in [0.2, 0.25) is 10.9 Å². The van der Waals surface area contributed by atoms with Crippen molar-refractivity contribution in [3.8, 4) is 0 Å². The molecule has 0 aliphatic carbocycles. The number of benzene rings is 2. The van der Waals surface area contributed by atoms with Crippen molar-refractivity contribution in [2.75, 3.05) is 4.90 Å². The van der Waals surface area contributed by atoms with Crippen LogP contribution in [-0.2, 0) is 6.42 Å². The van der Waals surface area contributed by atoms with Crippen LogP contribution in [0.25, 0.3) is 11.0 Å². The summed E-state index contributed by atoms with van der Waals surface area (Å²) in [6.45, 7) is 4.19. The third-order valence-electron chi connectivity index (χ3n) is 5.24. The van der Waals surface area contributed by atoms with Gasteiger partial charge < -0.3 is 4.42 Å². The van der Waals surface area contributed by atoms with E-state index in [9.17, 15) is 9.59 Å². The highest BCUT2D eigenvalue weighted by molar-refractivity contribution is 9.10. The van der Waals surface area contributed by atoms with E-state index in [4.69, 9.17) is 16.0 Å². The minimum Gasteiger partial charge on any atom is -0.450 e. The predicted molar refractivity (Wildman–Crippen MR) is 129 cm³/mol. The number of carbonyl (C=O) groups is 1. The van der Waals surface area contributed by atoms with Gasteiger partial charge in [0.1, 0.15) is 10.6 Å². The molecule has 0 saturated carbocycles. The van der Waals surface area contributed by atoms with Crippen molar-refractivity contribution in [2.45, 2.75) is 26.3 Å². The molecule has 32 heavy (non-hydrogen) atoms. The van der Waals surface area contributed by atoms with E-state index >= 15 is 0 Å². The van der Waals surface area contributed by atoms with E-state index in [1.54, 1.807) is 36.4 Å². The number of nitrogens with zero attached hydrogens (tertiary/aromatic N) is 3. The summed E-state index contributed by atoms with van der Waals surface area (Å²) < 4.78 is 6.72. The zero-order chi connectivity index (χ0) is 22.6. The Hall–Kier alpha value is -2.55. The largest absolute Gasteiger partial charge is 0.450 e. The van der Waals surface area contributed by atoms with Crippen molar-refractivity contribution in [1.29, 1.82) is 0 Å². The number of hydrogen-bond acceptors (Lipinski definition) is 6. The molecule has 0 spiro atoms. The predicted octanol–water partition coefficient (Wildman–Crippen LogP) is 6.01. The van der Waals surface area contributed by atoms with Gasteiger partial charge in [0.25, 0.3) is 5.91 Å². The van der Waals surface area contributed by atoms with Crippen LogP contribution in [0.4, 0.5) is 5.13 Å². The van der Waals surface area contributed by atoms with E-state index in [1.165, 1.54) is 16.2 Å². The van der Waals surface area contributed by atoms with E-state index in [0.29, 0.717) is 32.6 Å². The van der Waals surface area contributed by atoms with Crippen LogP contribution in [0.5, 0.6) is 0 Å². The maximum Gasteiger partial charge on any atom is 0.297 e. The first-order chi connectivity index (χ1) is 15.3. The summed E-state index contributed by atoms with van der Waals surface area (Å²) >= 11 is 11.0. The SMILES string of the molecule is CC(C)Cc1nnc(N2C(=O)c3oc4ccc(Br)cc4c(=O)c3C2c2cccc(Cl)c2)s1. The molecule has 1 atom stereocenters. The molecule has 9 heteroatoms. The first-order valence-corrected chi connectivity index (χ1v) is 12.0. The van der Waals surface area contributed by atoms with Crippen LogP contribution in [0.1, 0.15) is 46.6 Å². The molecule has 0 fully saturated rings. The Bertz CT molecular complexity index is 1430. The van der Waals surface area contributed by atoms with Crippen LogP contribution in [0.2, 0.25) is 5.02 Å². The fourth-order valence-corrected chi connectivity index (χ4v) is 5.55. The summed E-state index contributed by atoms with van der Waals surface area (Å²) in [6, 6.07) is 11.6. The fraction of sp³-hybridized carbons (Fsp3) is 0.217.